The van der Waals surface area contributed by atoms with E-state index in [1.54, 1.807) is 0 Å². The lowest BCUT2D eigenvalue weighted by atomic mass is 10.5. The van der Waals surface area contributed by atoms with E-state index in [0.717, 1.165) is 5.25 Å². The first kappa shape index (κ1) is 12.0. The number of hydrogen-bond acceptors (Lipinski definition) is 3. The Bertz CT molecular complexity index is 83.4. The zero-order valence-electron chi connectivity index (χ0n) is 7.54. The monoisotopic (exact) mass is 210 g/mol. The van der Waals surface area contributed by atoms with Gasteiger partial charge in [0.25, 0.3) is 0 Å². The molecule has 0 aliphatic rings. The summed E-state index contributed by atoms with van der Waals surface area (Å²) >= 11 is 8.39. The predicted octanol–water partition coefficient (Wildman–Crippen LogP) is 3.18. The molecule has 0 aliphatic heterocycles. The fourth-order valence-electron chi connectivity index (χ4n) is 0.635. The van der Waals surface area contributed by atoms with Crippen molar-refractivity contribution in [3.8, 4) is 0 Å². The second-order valence-corrected chi connectivity index (χ2v) is 6.32. The standard InChI is InChI=1S/C8H18S3/c1-4-10-6-8(3)11-5-7(2)9/h7-9H,4-6H2,1-3H3. The van der Waals surface area contributed by atoms with Crippen LogP contribution in [0.3, 0.4) is 0 Å². The molecule has 2 atom stereocenters. The van der Waals surface area contributed by atoms with E-state index in [4.69, 9.17) is 0 Å². The van der Waals surface area contributed by atoms with Crippen LogP contribution in [0.25, 0.3) is 0 Å². The number of hydrogen-bond donors (Lipinski definition) is 1. The Balaban J connectivity index is 3.15. The molecule has 0 saturated carbocycles. The Labute approximate surface area is 84.7 Å². The lowest BCUT2D eigenvalue weighted by Gasteiger charge is -2.10. The maximum atomic E-state index is 4.34. The molecular formula is C8H18S3. The van der Waals surface area contributed by atoms with E-state index in [1.165, 1.54) is 17.3 Å². The van der Waals surface area contributed by atoms with Crippen LogP contribution in [-0.4, -0.2) is 27.8 Å². The summed E-state index contributed by atoms with van der Waals surface area (Å²) in [6.45, 7) is 6.66. The molecule has 0 radical (unpaired) electrons. The van der Waals surface area contributed by atoms with Gasteiger partial charge in [0.05, 0.1) is 0 Å². The van der Waals surface area contributed by atoms with E-state index in [2.05, 4.69) is 33.4 Å². The van der Waals surface area contributed by atoms with Gasteiger partial charge in [0, 0.05) is 22.0 Å². The zero-order chi connectivity index (χ0) is 8.69. The minimum atomic E-state index is 0.536. The molecule has 0 rings (SSSR count). The summed E-state index contributed by atoms with van der Waals surface area (Å²) in [4.78, 5) is 0. The van der Waals surface area contributed by atoms with Crippen LogP contribution in [-0.2, 0) is 0 Å². The molecule has 11 heavy (non-hydrogen) atoms. The van der Waals surface area contributed by atoms with Crippen molar-refractivity contribution in [2.45, 2.75) is 31.3 Å². The van der Waals surface area contributed by atoms with Crippen molar-refractivity contribution in [2.75, 3.05) is 17.3 Å². The fraction of sp³-hybridized carbons (Fsp3) is 1.00. The molecule has 0 aromatic carbocycles. The maximum absolute atomic E-state index is 4.34. The van der Waals surface area contributed by atoms with Crippen LogP contribution in [0.1, 0.15) is 20.8 Å². The second-order valence-electron chi connectivity index (χ2n) is 2.65. The lowest BCUT2D eigenvalue weighted by Crippen LogP contribution is -2.05. The highest BCUT2D eigenvalue weighted by Crippen LogP contribution is 2.17. The Morgan fingerprint density at radius 1 is 1.27 bits per heavy atom. The van der Waals surface area contributed by atoms with Gasteiger partial charge < -0.3 is 0 Å². The molecule has 3 heteroatoms. The molecule has 68 valence electrons. The van der Waals surface area contributed by atoms with Gasteiger partial charge in [-0.05, 0) is 5.75 Å². The fourth-order valence-corrected chi connectivity index (χ4v) is 2.74. The van der Waals surface area contributed by atoms with E-state index in [-0.39, 0.29) is 0 Å². The third kappa shape index (κ3) is 8.96. The summed E-state index contributed by atoms with van der Waals surface area (Å²) < 4.78 is 0. The molecular weight excluding hydrogens is 192 g/mol. The maximum Gasteiger partial charge on any atom is 0.0110 e. The van der Waals surface area contributed by atoms with Gasteiger partial charge in [-0.2, -0.15) is 36.2 Å². The average molecular weight is 210 g/mol. The molecule has 0 amide bonds. The van der Waals surface area contributed by atoms with E-state index in [0.29, 0.717) is 5.25 Å². The van der Waals surface area contributed by atoms with Gasteiger partial charge in [0.1, 0.15) is 0 Å². The molecule has 0 bridgehead atoms. The molecule has 0 aromatic heterocycles. The van der Waals surface area contributed by atoms with E-state index < -0.39 is 0 Å². The van der Waals surface area contributed by atoms with Gasteiger partial charge in [0.15, 0.2) is 0 Å². The topological polar surface area (TPSA) is 0 Å². The first-order chi connectivity index (χ1) is 5.16. The molecule has 0 saturated heterocycles. The van der Waals surface area contributed by atoms with Gasteiger partial charge >= 0.3 is 0 Å². The molecule has 0 aliphatic carbocycles. The van der Waals surface area contributed by atoms with Crippen molar-refractivity contribution in [1.29, 1.82) is 0 Å². The number of thiol groups is 1. The van der Waals surface area contributed by atoms with Crippen LogP contribution in [0, 0.1) is 0 Å². The summed E-state index contributed by atoms with van der Waals surface area (Å²) in [6.07, 6.45) is 0. The van der Waals surface area contributed by atoms with Crippen LogP contribution in [0.15, 0.2) is 0 Å². The van der Waals surface area contributed by atoms with E-state index in [9.17, 15) is 0 Å². The molecule has 2 unspecified atom stereocenters. The van der Waals surface area contributed by atoms with Crippen molar-refractivity contribution < 1.29 is 0 Å². The van der Waals surface area contributed by atoms with E-state index in [1.807, 2.05) is 23.5 Å². The van der Waals surface area contributed by atoms with E-state index >= 15 is 0 Å². The smallest absolute Gasteiger partial charge is 0.0110 e. The predicted molar refractivity (Wildman–Crippen MR) is 63.4 cm³/mol. The zero-order valence-corrected chi connectivity index (χ0v) is 10.1. The summed E-state index contributed by atoms with van der Waals surface area (Å²) in [6, 6.07) is 0. The Morgan fingerprint density at radius 3 is 2.36 bits per heavy atom. The Hall–Kier alpha value is 1.05. The number of thioether (sulfide) groups is 2. The summed E-state index contributed by atoms with van der Waals surface area (Å²) in [7, 11) is 0. The Morgan fingerprint density at radius 2 is 1.91 bits per heavy atom. The third-order valence-corrected chi connectivity index (χ3v) is 4.39. The SMILES string of the molecule is CCSCC(C)SCC(C)S. The summed E-state index contributed by atoms with van der Waals surface area (Å²) in [5.74, 6) is 3.69. The first-order valence-corrected chi connectivity index (χ1v) is 6.76. The van der Waals surface area contributed by atoms with Crippen LogP contribution in [0.5, 0.6) is 0 Å². The van der Waals surface area contributed by atoms with Crippen LogP contribution >= 0.6 is 36.2 Å². The van der Waals surface area contributed by atoms with Crippen molar-refractivity contribution in [1.82, 2.24) is 0 Å². The van der Waals surface area contributed by atoms with Gasteiger partial charge in [-0.1, -0.05) is 20.8 Å². The normalized spacial score (nSPS) is 16.4. The Kier molecular flexibility index (Phi) is 8.42. The highest BCUT2D eigenvalue weighted by Gasteiger charge is 2.03. The molecule has 0 N–H and O–H groups in total. The third-order valence-electron chi connectivity index (χ3n) is 1.18. The van der Waals surface area contributed by atoms with Crippen molar-refractivity contribution in [2.24, 2.45) is 0 Å². The molecule has 0 aromatic rings. The lowest BCUT2D eigenvalue weighted by molar-refractivity contribution is 1.09. The minimum Gasteiger partial charge on any atom is -0.175 e. The molecule has 0 fully saturated rings. The van der Waals surface area contributed by atoms with Crippen molar-refractivity contribution >= 4 is 36.2 Å². The van der Waals surface area contributed by atoms with Crippen molar-refractivity contribution in [3.05, 3.63) is 0 Å². The van der Waals surface area contributed by atoms with Crippen LogP contribution in [0.4, 0.5) is 0 Å². The van der Waals surface area contributed by atoms with Crippen LogP contribution in [0.2, 0.25) is 0 Å². The summed E-state index contributed by atoms with van der Waals surface area (Å²) in [5.41, 5.74) is 0. The highest BCUT2D eigenvalue weighted by atomic mass is 32.2. The number of rotatable bonds is 6. The van der Waals surface area contributed by atoms with Gasteiger partial charge in [-0.3, -0.25) is 0 Å². The van der Waals surface area contributed by atoms with Crippen LogP contribution < -0.4 is 0 Å². The first-order valence-electron chi connectivity index (χ1n) is 4.04. The second kappa shape index (κ2) is 7.69. The van der Waals surface area contributed by atoms with Gasteiger partial charge in [0.2, 0.25) is 0 Å². The minimum absolute atomic E-state index is 0.536. The average Bonchev–Trinajstić information content (AvgIpc) is 1.97. The quantitative estimate of drug-likeness (QED) is 0.669. The summed E-state index contributed by atoms with van der Waals surface area (Å²) in [5, 5.41) is 1.32. The highest BCUT2D eigenvalue weighted by molar-refractivity contribution is 8.03. The largest absolute Gasteiger partial charge is 0.175 e. The molecule has 0 spiro atoms. The van der Waals surface area contributed by atoms with Gasteiger partial charge in [-0.15, -0.1) is 0 Å². The molecule has 0 nitrogen and oxygen atoms in total. The molecule has 0 heterocycles. The van der Waals surface area contributed by atoms with Gasteiger partial charge in [-0.25, -0.2) is 0 Å². The van der Waals surface area contributed by atoms with Crippen molar-refractivity contribution in [3.63, 3.8) is 0 Å².